The fourth-order valence-corrected chi connectivity index (χ4v) is 6.72. The van der Waals surface area contributed by atoms with Crippen LogP contribution in [0.15, 0.2) is 54.6 Å². The van der Waals surface area contributed by atoms with Gasteiger partial charge in [0.2, 0.25) is 0 Å². The van der Waals surface area contributed by atoms with Crippen molar-refractivity contribution in [2.45, 2.75) is 51.0 Å². The Labute approximate surface area is 286 Å². The summed E-state index contributed by atoms with van der Waals surface area (Å²) in [5.41, 5.74) is 8.54. The molecule has 2 fully saturated rings. The van der Waals surface area contributed by atoms with E-state index >= 15 is 0 Å². The molecule has 262 valence electrons. The van der Waals surface area contributed by atoms with Crippen LogP contribution in [0.5, 0.6) is 5.75 Å². The van der Waals surface area contributed by atoms with Gasteiger partial charge in [-0.25, -0.2) is 15.0 Å². The minimum Gasteiger partial charge on any atom is -0.494 e. The molecule has 2 atom stereocenters. The molecular weight excluding hydrogens is 649 g/mol. The fourth-order valence-electron chi connectivity index (χ4n) is 6.72. The van der Waals surface area contributed by atoms with Crippen LogP contribution in [0, 0.1) is 5.92 Å². The average molecular weight is 689 g/mol. The number of benzene rings is 2. The number of carbonyl (C=O) groups is 2. The molecule has 3 N–H and O–H groups in total. The van der Waals surface area contributed by atoms with Crippen LogP contribution < -0.4 is 15.8 Å². The first kappa shape index (κ1) is 33.5. The number of hydrogen-bond acceptors (Lipinski definition) is 7. The molecule has 0 spiro atoms. The lowest BCUT2D eigenvalue weighted by Gasteiger charge is -2.38. The first-order chi connectivity index (χ1) is 23.8. The molecule has 5 aromatic rings. The van der Waals surface area contributed by atoms with E-state index in [0.717, 1.165) is 41.9 Å². The molecule has 2 aromatic carbocycles. The van der Waals surface area contributed by atoms with Gasteiger partial charge in [-0.3, -0.25) is 14.6 Å². The lowest BCUT2D eigenvalue weighted by atomic mass is 10.1. The highest BCUT2D eigenvalue weighted by Gasteiger charge is 2.35. The second-order valence-electron chi connectivity index (χ2n) is 13.3. The van der Waals surface area contributed by atoms with Gasteiger partial charge in [0.25, 0.3) is 11.8 Å². The largest absolute Gasteiger partial charge is 0.494 e. The van der Waals surface area contributed by atoms with Crippen molar-refractivity contribution in [2.24, 2.45) is 18.7 Å². The Morgan fingerprint density at radius 3 is 2.54 bits per heavy atom. The number of carbonyl (C=O) groups excluding carboxylic acids is 2. The molecule has 4 heterocycles. The number of alkyl halides is 3. The van der Waals surface area contributed by atoms with Gasteiger partial charge in [0.15, 0.2) is 5.82 Å². The summed E-state index contributed by atoms with van der Waals surface area (Å²) in [6.07, 6.45) is -1.69. The predicted molar refractivity (Wildman–Crippen MR) is 182 cm³/mol. The van der Waals surface area contributed by atoms with Crippen LogP contribution in [0.1, 0.15) is 64.2 Å². The minimum atomic E-state index is -4.66. The maximum atomic E-state index is 13.7. The van der Waals surface area contributed by atoms with Crippen molar-refractivity contribution in [1.82, 2.24) is 34.4 Å². The van der Waals surface area contributed by atoms with Crippen LogP contribution in [0.3, 0.4) is 0 Å². The second kappa shape index (κ2) is 12.7. The Hall–Kier alpha value is -4.95. The van der Waals surface area contributed by atoms with Crippen LogP contribution in [0.2, 0.25) is 0 Å². The number of fused-ring (bicyclic) bond motifs is 2. The van der Waals surface area contributed by atoms with E-state index in [9.17, 15) is 22.8 Å². The predicted octanol–water partition coefficient (Wildman–Crippen LogP) is 5.54. The molecule has 0 bridgehead atoms. The molecular formula is C36H39F3N8O3. The Balaban J connectivity index is 1.25. The number of rotatable bonds is 8. The number of hydrogen-bond donors (Lipinski definition) is 2. The highest BCUT2D eigenvalue weighted by Crippen LogP contribution is 2.38. The van der Waals surface area contributed by atoms with Gasteiger partial charge in [0, 0.05) is 44.2 Å². The SMILES string of the molecule is COc1cc(C(=O)N2C[C@H](N)CCN2C)cc2nc(-c3cc4ccc([C@@H](C)NC(=O)c5ccccc5C(F)(F)F)nc4n3CC3CC3)n(C)c12. The third-order valence-corrected chi connectivity index (χ3v) is 9.68. The summed E-state index contributed by atoms with van der Waals surface area (Å²) < 4.78 is 50.7. The molecule has 0 unspecified atom stereocenters. The molecule has 1 aliphatic carbocycles. The summed E-state index contributed by atoms with van der Waals surface area (Å²) in [7, 11) is 5.34. The van der Waals surface area contributed by atoms with Crippen molar-refractivity contribution < 1.29 is 27.5 Å². The van der Waals surface area contributed by atoms with E-state index in [4.69, 9.17) is 20.4 Å². The highest BCUT2D eigenvalue weighted by molar-refractivity contribution is 6.00. The van der Waals surface area contributed by atoms with E-state index in [0.29, 0.717) is 59.5 Å². The Morgan fingerprint density at radius 2 is 1.82 bits per heavy atom. The maximum absolute atomic E-state index is 13.7. The normalized spacial score (nSPS) is 17.8. The fraction of sp³-hybridized carbons (Fsp3) is 0.389. The second-order valence-corrected chi connectivity index (χ2v) is 13.3. The number of hydrazine groups is 1. The number of nitrogens with two attached hydrogens (primary N) is 1. The number of halogens is 3. The van der Waals surface area contributed by atoms with Gasteiger partial charge < -0.3 is 24.9 Å². The van der Waals surface area contributed by atoms with Gasteiger partial charge in [-0.05, 0) is 74.6 Å². The standard InChI is InChI=1S/C36H39F3N8O3/c1-20(41-34(48)25-7-5-6-8-26(25)36(37,38)39)27-12-11-22-16-29(46(32(22)42-27)18-21-9-10-21)33-43-28-15-23(17-30(50-4)31(28)45(33)3)35(49)47-19-24(40)13-14-44(47)2/h5-8,11-12,15-17,20-21,24H,9-10,13-14,18-19,40H2,1-4H3,(H,41,48)/t20-,24-/m1/s1. The first-order valence-electron chi connectivity index (χ1n) is 16.6. The lowest BCUT2D eigenvalue weighted by Crippen LogP contribution is -2.55. The van der Waals surface area contributed by atoms with E-state index in [1.54, 1.807) is 37.2 Å². The number of pyridine rings is 1. The summed E-state index contributed by atoms with van der Waals surface area (Å²) in [5, 5.41) is 7.10. The number of imidazole rings is 1. The summed E-state index contributed by atoms with van der Waals surface area (Å²) >= 11 is 0. The smallest absolute Gasteiger partial charge is 0.417 e. The van der Waals surface area contributed by atoms with Crippen molar-refractivity contribution in [3.63, 3.8) is 0 Å². The van der Waals surface area contributed by atoms with Gasteiger partial charge in [-0.1, -0.05) is 12.1 Å². The molecule has 7 rings (SSSR count). The molecule has 0 radical (unpaired) electrons. The average Bonchev–Trinajstić information content (AvgIpc) is 3.77. The molecule has 11 nitrogen and oxygen atoms in total. The number of nitrogens with one attached hydrogen (secondary N) is 1. The Bertz CT molecular complexity index is 2120. The highest BCUT2D eigenvalue weighted by atomic mass is 19.4. The molecule has 2 aliphatic rings. The molecule has 3 aromatic heterocycles. The van der Waals surface area contributed by atoms with Crippen molar-refractivity contribution in [3.05, 3.63) is 77.0 Å². The van der Waals surface area contributed by atoms with E-state index < -0.39 is 29.3 Å². The van der Waals surface area contributed by atoms with Gasteiger partial charge in [0.05, 0.1) is 47.7 Å². The van der Waals surface area contributed by atoms with Gasteiger partial charge in [-0.15, -0.1) is 0 Å². The van der Waals surface area contributed by atoms with Crippen molar-refractivity contribution in [3.8, 4) is 17.3 Å². The Morgan fingerprint density at radius 1 is 1.06 bits per heavy atom. The van der Waals surface area contributed by atoms with Crippen LogP contribution in [0.4, 0.5) is 13.2 Å². The van der Waals surface area contributed by atoms with Crippen molar-refractivity contribution >= 4 is 33.9 Å². The summed E-state index contributed by atoms with van der Waals surface area (Å²) in [6.45, 7) is 3.49. The summed E-state index contributed by atoms with van der Waals surface area (Å²) in [5.74, 6) is 0.621. The van der Waals surface area contributed by atoms with E-state index in [1.807, 2.05) is 35.8 Å². The number of aryl methyl sites for hydroxylation is 1. The van der Waals surface area contributed by atoms with Crippen LogP contribution >= 0.6 is 0 Å². The Kier molecular flexibility index (Phi) is 8.55. The first-order valence-corrected chi connectivity index (χ1v) is 16.6. The zero-order valence-corrected chi connectivity index (χ0v) is 28.3. The zero-order valence-electron chi connectivity index (χ0n) is 28.3. The molecule has 1 saturated heterocycles. The van der Waals surface area contributed by atoms with E-state index in [1.165, 1.54) is 18.2 Å². The number of ether oxygens (including phenoxy) is 1. The van der Waals surface area contributed by atoms with Crippen LogP contribution in [0.25, 0.3) is 33.6 Å². The van der Waals surface area contributed by atoms with Gasteiger partial charge >= 0.3 is 6.18 Å². The van der Waals surface area contributed by atoms with Crippen LogP contribution in [-0.4, -0.2) is 74.2 Å². The third kappa shape index (κ3) is 6.17. The number of nitrogens with zero attached hydrogens (tertiary/aromatic N) is 6. The van der Waals surface area contributed by atoms with E-state index in [2.05, 4.69) is 9.88 Å². The number of aromatic nitrogens is 4. The van der Waals surface area contributed by atoms with Crippen LogP contribution in [-0.2, 0) is 19.8 Å². The lowest BCUT2D eigenvalue weighted by molar-refractivity contribution is -0.137. The van der Waals surface area contributed by atoms with E-state index in [-0.39, 0.29) is 11.9 Å². The van der Waals surface area contributed by atoms with Gasteiger partial charge in [-0.2, -0.15) is 13.2 Å². The zero-order chi connectivity index (χ0) is 35.5. The topological polar surface area (TPSA) is 124 Å². The monoisotopic (exact) mass is 688 g/mol. The van der Waals surface area contributed by atoms with Crippen molar-refractivity contribution in [1.29, 1.82) is 0 Å². The quantitative estimate of drug-likeness (QED) is 0.220. The number of methoxy groups -OCH3 is 1. The minimum absolute atomic E-state index is 0.102. The molecule has 1 saturated carbocycles. The molecule has 50 heavy (non-hydrogen) atoms. The molecule has 14 heteroatoms. The summed E-state index contributed by atoms with van der Waals surface area (Å²) in [6, 6.07) is 13.2. The number of amides is 2. The van der Waals surface area contributed by atoms with Crippen molar-refractivity contribution in [2.75, 3.05) is 27.2 Å². The molecule has 1 aliphatic heterocycles. The maximum Gasteiger partial charge on any atom is 0.417 e. The third-order valence-electron chi connectivity index (χ3n) is 9.68. The summed E-state index contributed by atoms with van der Waals surface area (Å²) in [4.78, 5) is 36.7. The molecule has 2 amide bonds. The van der Waals surface area contributed by atoms with Gasteiger partial charge in [0.1, 0.15) is 16.9 Å².